The number of nitrogens with zero attached hydrogens (tertiary/aromatic N) is 1. The minimum Gasteiger partial charge on any atom is -0.464 e. The van der Waals surface area contributed by atoms with Gasteiger partial charge in [0.1, 0.15) is 5.58 Å². The number of hydrogen-bond donors (Lipinski definition) is 2. The van der Waals surface area contributed by atoms with Crippen molar-refractivity contribution in [2.75, 3.05) is 5.32 Å². The Balaban J connectivity index is 1.50. The monoisotopic (exact) mass is 309 g/mol. The molecule has 2 aromatic heterocycles. The Kier molecular flexibility index (Phi) is 3.22. The van der Waals surface area contributed by atoms with Gasteiger partial charge in [-0.2, -0.15) is 5.10 Å². The zero-order valence-electron chi connectivity index (χ0n) is 13.3. The lowest BCUT2D eigenvalue weighted by atomic mass is 10.0. The Morgan fingerprint density at radius 2 is 2.22 bits per heavy atom. The number of benzene rings is 1. The van der Waals surface area contributed by atoms with Crippen LogP contribution in [0.3, 0.4) is 0 Å². The van der Waals surface area contributed by atoms with E-state index in [1.807, 2.05) is 19.1 Å². The zero-order chi connectivity index (χ0) is 16.0. The first kappa shape index (κ1) is 14.1. The molecular formula is C18H19N3O2. The maximum absolute atomic E-state index is 12.3. The highest BCUT2D eigenvalue weighted by atomic mass is 16.3. The van der Waals surface area contributed by atoms with E-state index in [-0.39, 0.29) is 12.3 Å². The summed E-state index contributed by atoms with van der Waals surface area (Å²) in [6.45, 7) is 4.09. The molecule has 0 spiro atoms. The molecule has 1 saturated carbocycles. The Bertz CT molecular complexity index is 887. The zero-order valence-corrected chi connectivity index (χ0v) is 13.3. The SMILES string of the molecule is Cc1ccc2c(CC(=O)Nc3cc(C4CC4)[nH]n3)coc2c1C. The molecule has 23 heavy (non-hydrogen) atoms. The van der Waals surface area contributed by atoms with E-state index in [0.29, 0.717) is 11.7 Å². The van der Waals surface area contributed by atoms with E-state index in [1.165, 1.54) is 18.4 Å². The number of rotatable bonds is 4. The largest absolute Gasteiger partial charge is 0.464 e. The van der Waals surface area contributed by atoms with E-state index in [0.717, 1.165) is 27.8 Å². The standard InChI is InChI=1S/C18H19N3O2/c1-10-3-6-14-13(9-23-18(14)11(10)2)7-17(22)19-16-8-15(20-21-16)12-4-5-12/h3,6,8-9,12H,4-5,7H2,1-2H3,(H2,19,20,21,22). The van der Waals surface area contributed by atoms with Crippen LogP contribution >= 0.6 is 0 Å². The summed E-state index contributed by atoms with van der Waals surface area (Å²) in [7, 11) is 0. The summed E-state index contributed by atoms with van der Waals surface area (Å²) in [6, 6.07) is 6.00. The molecule has 1 aliphatic carbocycles. The van der Waals surface area contributed by atoms with Crippen molar-refractivity contribution in [1.29, 1.82) is 0 Å². The summed E-state index contributed by atoms with van der Waals surface area (Å²) < 4.78 is 5.65. The topological polar surface area (TPSA) is 70.9 Å². The van der Waals surface area contributed by atoms with E-state index >= 15 is 0 Å². The molecule has 1 aliphatic rings. The molecule has 1 aromatic carbocycles. The fraction of sp³-hybridized carbons (Fsp3) is 0.333. The second-order valence-corrected chi connectivity index (χ2v) is 6.35. The quantitative estimate of drug-likeness (QED) is 0.769. The second kappa shape index (κ2) is 5.26. The molecule has 0 bridgehead atoms. The van der Waals surface area contributed by atoms with Crippen molar-refractivity contribution in [1.82, 2.24) is 10.2 Å². The number of aromatic amines is 1. The molecule has 4 rings (SSSR count). The minimum atomic E-state index is -0.0835. The van der Waals surface area contributed by atoms with Gasteiger partial charge < -0.3 is 9.73 Å². The van der Waals surface area contributed by atoms with Crippen LogP contribution in [-0.4, -0.2) is 16.1 Å². The highest BCUT2D eigenvalue weighted by Gasteiger charge is 2.25. The van der Waals surface area contributed by atoms with Crippen LogP contribution in [0.15, 0.2) is 28.9 Å². The number of carbonyl (C=O) groups is 1. The number of furan rings is 1. The van der Waals surface area contributed by atoms with Crippen molar-refractivity contribution in [2.24, 2.45) is 0 Å². The number of fused-ring (bicyclic) bond motifs is 1. The van der Waals surface area contributed by atoms with Crippen molar-refractivity contribution in [3.8, 4) is 0 Å². The maximum Gasteiger partial charge on any atom is 0.230 e. The molecular weight excluding hydrogens is 290 g/mol. The smallest absolute Gasteiger partial charge is 0.230 e. The predicted octanol–water partition coefficient (Wildman–Crippen LogP) is 3.83. The number of hydrogen-bond acceptors (Lipinski definition) is 3. The number of amides is 1. The van der Waals surface area contributed by atoms with Crippen LogP contribution in [0.5, 0.6) is 0 Å². The molecule has 1 amide bonds. The Labute approximate surface area is 134 Å². The van der Waals surface area contributed by atoms with Crippen LogP contribution in [0.25, 0.3) is 11.0 Å². The van der Waals surface area contributed by atoms with E-state index in [9.17, 15) is 4.79 Å². The number of H-pyrrole nitrogens is 1. The number of carbonyl (C=O) groups excluding carboxylic acids is 1. The molecule has 3 aromatic rings. The summed E-state index contributed by atoms with van der Waals surface area (Å²) in [4.78, 5) is 12.3. The van der Waals surface area contributed by atoms with E-state index in [2.05, 4.69) is 28.5 Å². The summed E-state index contributed by atoms with van der Waals surface area (Å²) >= 11 is 0. The molecule has 0 atom stereocenters. The summed E-state index contributed by atoms with van der Waals surface area (Å²) in [5, 5.41) is 11.0. The number of nitrogens with one attached hydrogen (secondary N) is 2. The van der Waals surface area contributed by atoms with E-state index in [1.54, 1.807) is 6.26 Å². The van der Waals surface area contributed by atoms with Crippen molar-refractivity contribution in [3.63, 3.8) is 0 Å². The van der Waals surface area contributed by atoms with Gasteiger partial charge in [-0.3, -0.25) is 9.89 Å². The van der Waals surface area contributed by atoms with Gasteiger partial charge in [-0.15, -0.1) is 0 Å². The van der Waals surface area contributed by atoms with Gasteiger partial charge in [0, 0.05) is 28.6 Å². The first-order valence-corrected chi connectivity index (χ1v) is 7.93. The van der Waals surface area contributed by atoms with Crippen molar-refractivity contribution >= 4 is 22.7 Å². The highest BCUT2D eigenvalue weighted by Crippen LogP contribution is 2.39. The molecule has 1 fully saturated rings. The number of aromatic nitrogens is 2. The van der Waals surface area contributed by atoms with Gasteiger partial charge in [-0.05, 0) is 37.8 Å². The van der Waals surface area contributed by atoms with Gasteiger partial charge >= 0.3 is 0 Å². The second-order valence-electron chi connectivity index (χ2n) is 6.35. The third-order valence-electron chi connectivity index (χ3n) is 4.58. The molecule has 5 heteroatoms. The van der Waals surface area contributed by atoms with Gasteiger partial charge in [-0.1, -0.05) is 12.1 Å². The van der Waals surface area contributed by atoms with Crippen LogP contribution in [-0.2, 0) is 11.2 Å². The Morgan fingerprint density at radius 1 is 1.39 bits per heavy atom. The molecule has 0 saturated heterocycles. The first-order chi connectivity index (χ1) is 11.1. The van der Waals surface area contributed by atoms with Crippen LogP contribution in [0, 0.1) is 13.8 Å². The molecule has 5 nitrogen and oxygen atoms in total. The van der Waals surface area contributed by atoms with Crippen molar-refractivity contribution < 1.29 is 9.21 Å². The van der Waals surface area contributed by atoms with Crippen LogP contribution in [0.2, 0.25) is 0 Å². The normalized spacial score (nSPS) is 14.3. The predicted molar refractivity (Wildman–Crippen MR) is 88.6 cm³/mol. The van der Waals surface area contributed by atoms with Gasteiger partial charge in [-0.25, -0.2) is 0 Å². The van der Waals surface area contributed by atoms with Crippen molar-refractivity contribution in [2.45, 2.75) is 39.0 Å². The third kappa shape index (κ3) is 2.63. The lowest BCUT2D eigenvalue weighted by Gasteiger charge is -2.02. The van der Waals surface area contributed by atoms with Gasteiger partial charge in [0.15, 0.2) is 5.82 Å². The molecule has 118 valence electrons. The Hall–Kier alpha value is -2.56. The molecule has 2 heterocycles. The maximum atomic E-state index is 12.3. The summed E-state index contributed by atoms with van der Waals surface area (Å²) in [5.41, 5.74) is 5.19. The fourth-order valence-electron chi connectivity index (χ4n) is 2.89. The first-order valence-electron chi connectivity index (χ1n) is 7.93. The lowest BCUT2D eigenvalue weighted by molar-refractivity contribution is -0.115. The van der Waals surface area contributed by atoms with Crippen molar-refractivity contribution in [3.05, 3.63) is 46.8 Å². The molecule has 0 radical (unpaired) electrons. The number of anilines is 1. The third-order valence-corrected chi connectivity index (χ3v) is 4.58. The van der Waals surface area contributed by atoms with Crippen LogP contribution < -0.4 is 5.32 Å². The van der Waals surface area contributed by atoms with E-state index < -0.39 is 0 Å². The van der Waals surface area contributed by atoms with E-state index in [4.69, 9.17) is 4.42 Å². The highest BCUT2D eigenvalue weighted by molar-refractivity contribution is 5.95. The minimum absolute atomic E-state index is 0.0835. The summed E-state index contributed by atoms with van der Waals surface area (Å²) in [5.74, 6) is 1.11. The van der Waals surface area contributed by atoms with Gasteiger partial charge in [0.25, 0.3) is 0 Å². The average Bonchev–Trinajstić information content (AvgIpc) is 3.15. The summed E-state index contributed by atoms with van der Waals surface area (Å²) in [6.07, 6.45) is 4.36. The van der Waals surface area contributed by atoms with Crippen LogP contribution in [0.4, 0.5) is 5.82 Å². The fourth-order valence-corrected chi connectivity index (χ4v) is 2.89. The van der Waals surface area contributed by atoms with Gasteiger partial charge in [0.05, 0.1) is 12.7 Å². The average molecular weight is 309 g/mol. The van der Waals surface area contributed by atoms with Gasteiger partial charge in [0.2, 0.25) is 5.91 Å². The lowest BCUT2D eigenvalue weighted by Crippen LogP contribution is -2.14. The molecule has 0 aliphatic heterocycles. The van der Waals surface area contributed by atoms with Crippen LogP contribution in [0.1, 0.15) is 41.1 Å². The molecule has 0 unspecified atom stereocenters. The molecule has 2 N–H and O–H groups in total. The number of aryl methyl sites for hydroxylation is 2. The Morgan fingerprint density at radius 3 is 3.00 bits per heavy atom.